The van der Waals surface area contributed by atoms with Gasteiger partial charge in [-0.25, -0.2) is 0 Å². The molecule has 5 heteroatoms. The van der Waals surface area contributed by atoms with Gasteiger partial charge in [-0.05, 0) is 25.7 Å². The monoisotopic (exact) mass is 364 g/mol. The number of carbonyl (C=O) groups excluding carboxylic acids is 2. The van der Waals surface area contributed by atoms with E-state index in [0.717, 1.165) is 31.0 Å². The van der Waals surface area contributed by atoms with E-state index in [2.05, 4.69) is 22.9 Å². The third-order valence-corrected chi connectivity index (χ3v) is 3.62. The lowest BCUT2D eigenvalue weighted by Crippen LogP contribution is -2.09. The van der Waals surface area contributed by atoms with E-state index in [0.29, 0.717) is 32.5 Å². The maximum atomic E-state index is 11.4. The first kappa shape index (κ1) is 20.4. The molecule has 0 aromatic heterocycles. The van der Waals surface area contributed by atoms with E-state index in [-0.39, 0.29) is 11.9 Å². The molecule has 0 amide bonds. The number of ether oxygens (including phenoxy) is 2. The average Bonchev–Trinajstić information content (AvgIpc) is 2.47. The predicted molar refractivity (Wildman–Crippen MR) is 87.6 cm³/mol. The smallest absolute Gasteiger partial charge is 0.305 e. The van der Waals surface area contributed by atoms with Gasteiger partial charge in [0, 0.05) is 18.2 Å². The molecule has 124 valence electrons. The van der Waals surface area contributed by atoms with Crippen LogP contribution in [0.25, 0.3) is 0 Å². The van der Waals surface area contributed by atoms with E-state index >= 15 is 0 Å². The second kappa shape index (κ2) is 15.8. The van der Waals surface area contributed by atoms with E-state index in [1.54, 1.807) is 0 Å². The predicted octanol–water partition coefficient (Wildman–Crippen LogP) is 4.39. The van der Waals surface area contributed by atoms with Gasteiger partial charge in [-0.1, -0.05) is 48.5 Å². The SMILES string of the molecule is CCCCCCCOC(=O)CCCC(=O)OCCCCBr. The molecule has 0 aliphatic rings. The maximum absolute atomic E-state index is 11.4. The van der Waals surface area contributed by atoms with Crippen molar-refractivity contribution < 1.29 is 19.1 Å². The lowest BCUT2D eigenvalue weighted by molar-refractivity contribution is -0.145. The molecular weight excluding hydrogens is 336 g/mol. The van der Waals surface area contributed by atoms with Gasteiger partial charge in [-0.15, -0.1) is 0 Å². The van der Waals surface area contributed by atoms with Gasteiger partial charge in [0.1, 0.15) is 0 Å². The molecule has 0 heterocycles. The number of hydrogen-bond donors (Lipinski definition) is 0. The Labute approximate surface area is 137 Å². The first-order chi connectivity index (χ1) is 10.2. The highest BCUT2D eigenvalue weighted by molar-refractivity contribution is 9.09. The van der Waals surface area contributed by atoms with Crippen molar-refractivity contribution in [3.05, 3.63) is 0 Å². The molecule has 0 unspecified atom stereocenters. The molecule has 0 aliphatic heterocycles. The van der Waals surface area contributed by atoms with Gasteiger partial charge in [-0.2, -0.15) is 0 Å². The lowest BCUT2D eigenvalue weighted by Gasteiger charge is -2.05. The van der Waals surface area contributed by atoms with Crippen molar-refractivity contribution in [3.8, 4) is 0 Å². The topological polar surface area (TPSA) is 52.6 Å². The number of hydrogen-bond acceptors (Lipinski definition) is 4. The first-order valence-corrected chi connectivity index (χ1v) is 9.20. The van der Waals surface area contributed by atoms with Crippen LogP contribution in [0.5, 0.6) is 0 Å². The second-order valence-corrected chi connectivity index (χ2v) is 5.90. The van der Waals surface area contributed by atoms with Crippen LogP contribution < -0.4 is 0 Å². The van der Waals surface area contributed by atoms with Crippen molar-refractivity contribution in [2.45, 2.75) is 71.1 Å². The fourth-order valence-electron chi connectivity index (χ4n) is 1.80. The van der Waals surface area contributed by atoms with Gasteiger partial charge in [0.15, 0.2) is 0 Å². The van der Waals surface area contributed by atoms with Gasteiger partial charge in [-0.3, -0.25) is 9.59 Å². The fourth-order valence-corrected chi connectivity index (χ4v) is 2.19. The molecule has 0 aromatic carbocycles. The van der Waals surface area contributed by atoms with Crippen LogP contribution in [-0.4, -0.2) is 30.5 Å². The zero-order chi connectivity index (χ0) is 15.8. The van der Waals surface area contributed by atoms with Gasteiger partial charge >= 0.3 is 11.9 Å². The Morgan fingerprint density at radius 2 is 1.29 bits per heavy atom. The number of unbranched alkanes of at least 4 members (excludes halogenated alkanes) is 5. The quantitative estimate of drug-likeness (QED) is 0.260. The average molecular weight is 365 g/mol. The third-order valence-electron chi connectivity index (χ3n) is 3.06. The molecule has 4 nitrogen and oxygen atoms in total. The van der Waals surface area contributed by atoms with Crippen LogP contribution in [0, 0.1) is 0 Å². The zero-order valence-corrected chi connectivity index (χ0v) is 14.8. The van der Waals surface area contributed by atoms with Crippen LogP contribution in [0.2, 0.25) is 0 Å². The van der Waals surface area contributed by atoms with Crippen molar-refractivity contribution in [2.24, 2.45) is 0 Å². The van der Waals surface area contributed by atoms with Crippen molar-refractivity contribution >= 4 is 27.9 Å². The molecule has 0 aromatic rings. The molecule has 0 fully saturated rings. The van der Waals surface area contributed by atoms with Crippen molar-refractivity contribution in [3.63, 3.8) is 0 Å². The van der Waals surface area contributed by atoms with Crippen molar-refractivity contribution in [2.75, 3.05) is 18.5 Å². The van der Waals surface area contributed by atoms with E-state index in [1.165, 1.54) is 19.3 Å². The Morgan fingerprint density at radius 1 is 0.762 bits per heavy atom. The molecule has 0 aliphatic carbocycles. The molecule has 0 N–H and O–H groups in total. The minimum Gasteiger partial charge on any atom is -0.466 e. The number of alkyl halides is 1. The Morgan fingerprint density at radius 3 is 1.81 bits per heavy atom. The van der Waals surface area contributed by atoms with Gasteiger partial charge in [0.05, 0.1) is 13.2 Å². The fraction of sp³-hybridized carbons (Fsp3) is 0.875. The molecule has 0 atom stereocenters. The Bertz CT molecular complexity index is 269. The van der Waals surface area contributed by atoms with E-state index in [9.17, 15) is 9.59 Å². The molecule has 0 rings (SSSR count). The molecule has 0 spiro atoms. The zero-order valence-electron chi connectivity index (χ0n) is 13.2. The molecule has 21 heavy (non-hydrogen) atoms. The minimum absolute atomic E-state index is 0.211. The summed E-state index contributed by atoms with van der Waals surface area (Å²) in [6, 6.07) is 0. The van der Waals surface area contributed by atoms with Crippen LogP contribution in [0.15, 0.2) is 0 Å². The summed E-state index contributed by atoms with van der Waals surface area (Å²) >= 11 is 3.32. The number of halogens is 1. The standard InChI is InChI=1S/C16H29BrO4/c1-2-3-4-5-7-13-20-15(18)10-9-11-16(19)21-14-8-6-12-17/h2-14H2,1H3. The summed E-state index contributed by atoms with van der Waals surface area (Å²) in [5.74, 6) is -0.436. The van der Waals surface area contributed by atoms with Crippen LogP contribution >= 0.6 is 15.9 Å². The highest BCUT2D eigenvalue weighted by Gasteiger charge is 2.07. The Balaban J connectivity index is 3.34. The number of rotatable bonds is 14. The van der Waals surface area contributed by atoms with Crippen LogP contribution in [0.4, 0.5) is 0 Å². The second-order valence-electron chi connectivity index (χ2n) is 5.10. The third kappa shape index (κ3) is 15.6. The normalized spacial score (nSPS) is 10.4. The number of esters is 2. The highest BCUT2D eigenvalue weighted by atomic mass is 79.9. The Hall–Kier alpha value is -0.580. The summed E-state index contributed by atoms with van der Waals surface area (Å²) in [5.41, 5.74) is 0. The van der Waals surface area contributed by atoms with Gasteiger partial charge < -0.3 is 9.47 Å². The van der Waals surface area contributed by atoms with Crippen LogP contribution in [-0.2, 0) is 19.1 Å². The lowest BCUT2D eigenvalue weighted by atomic mass is 10.2. The molecular formula is C16H29BrO4. The van der Waals surface area contributed by atoms with Crippen LogP contribution in [0.1, 0.15) is 71.1 Å². The van der Waals surface area contributed by atoms with E-state index < -0.39 is 0 Å². The molecule has 0 saturated heterocycles. The summed E-state index contributed by atoms with van der Waals surface area (Å²) in [6.45, 7) is 3.14. The summed E-state index contributed by atoms with van der Waals surface area (Å²) in [4.78, 5) is 22.8. The molecule has 0 bridgehead atoms. The van der Waals surface area contributed by atoms with Crippen molar-refractivity contribution in [1.29, 1.82) is 0 Å². The van der Waals surface area contributed by atoms with Gasteiger partial charge in [0.2, 0.25) is 0 Å². The summed E-state index contributed by atoms with van der Waals surface area (Å²) < 4.78 is 10.2. The largest absolute Gasteiger partial charge is 0.466 e. The summed E-state index contributed by atoms with van der Waals surface area (Å²) in [5, 5.41) is 0.925. The van der Waals surface area contributed by atoms with Gasteiger partial charge in [0.25, 0.3) is 0 Å². The highest BCUT2D eigenvalue weighted by Crippen LogP contribution is 2.05. The van der Waals surface area contributed by atoms with Crippen molar-refractivity contribution in [1.82, 2.24) is 0 Å². The molecule has 0 radical (unpaired) electrons. The summed E-state index contributed by atoms with van der Waals surface area (Å²) in [6.07, 6.45) is 8.67. The molecule has 0 saturated carbocycles. The first-order valence-electron chi connectivity index (χ1n) is 8.08. The van der Waals surface area contributed by atoms with Crippen LogP contribution in [0.3, 0.4) is 0 Å². The van der Waals surface area contributed by atoms with E-state index in [4.69, 9.17) is 9.47 Å². The summed E-state index contributed by atoms with van der Waals surface area (Å²) in [7, 11) is 0. The Kier molecular flexibility index (Phi) is 15.4. The minimum atomic E-state index is -0.225. The van der Waals surface area contributed by atoms with E-state index in [1.807, 2.05) is 0 Å². The maximum Gasteiger partial charge on any atom is 0.305 e. The number of carbonyl (C=O) groups is 2.